The van der Waals surface area contributed by atoms with Gasteiger partial charge in [0.15, 0.2) is 0 Å². The Bertz CT molecular complexity index is 290. The van der Waals surface area contributed by atoms with Gasteiger partial charge in [0.1, 0.15) is 4.49 Å². The molecular formula is C10H14Cl2O2. The third-order valence-corrected chi connectivity index (χ3v) is 3.81. The molecule has 0 aliphatic heterocycles. The largest absolute Gasteiger partial charge is 0.481 e. The molecule has 0 unspecified atom stereocenters. The molecular weight excluding hydrogens is 223 g/mol. The molecule has 1 N–H and O–H groups in total. The van der Waals surface area contributed by atoms with Gasteiger partial charge >= 0.3 is 5.97 Å². The lowest BCUT2D eigenvalue weighted by molar-refractivity contribution is -0.139. The smallest absolute Gasteiger partial charge is 0.307 e. The normalized spacial score (nSPS) is 28.4. The summed E-state index contributed by atoms with van der Waals surface area (Å²) in [6.45, 7) is 5.76. The van der Waals surface area contributed by atoms with E-state index in [9.17, 15) is 4.79 Å². The molecule has 2 nitrogen and oxygen atoms in total. The van der Waals surface area contributed by atoms with Gasteiger partial charge < -0.3 is 5.11 Å². The van der Waals surface area contributed by atoms with Crippen LogP contribution >= 0.6 is 23.2 Å². The number of halogens is 2. The molecule has 1 aliphatic carbocycles. The van der Waals surface area contributed by atoms with Crippen molar-refractivity contribution in [3.05, 3.63) is 10.1 Å². The van der Waals surface area contributed by atoms with Gasteiger partial charge in [0.05, 0.1) is 5.92 Å². The second kappa shape index (κ2) is 3.74. The molecule has 1 aliphatic rings. The lowest BCUT2D eigenvalue weighted by Crippen LogP contribution is -2.03. The molecule has 0 bridgehead atoms. The highest BCUT2D eigenvalue weighted by Gasteiger charge is 2.61. The van der Waals surface area contributed by atoms with Crippen molar-refractivity contribution in [1.82, 2.24) is 0 Å². The molecule has 4 heteroatoms. The second-order valence-electron chi connectivity index (χ2n) is 4.49. The summed E-state index contributed by atoms with van der Waals surface area (Å²) in [6.07, 6.45) is 0.673. The first-order valence-electron chi connectivity index (χ1n) is 4.52. The van der Waals surface area contributed by atoms with E-state index < -0.39 is 5.97 Å². The second-order valence-corrected chi connectivity index (χ2v) is 5.44. The van der Waals surface area contributed by atoms with E-state index in [1.54, 1.807) is 0 Å². The zero-order chi connectivity index (χ0) is 11.1. The molecule has 2 atom stereocenters. The van der Waals surface area contributed by atoms with Crippen LogP contribution in [0.2, 0.25) is 0 Å². The maximum atomic E-state index is 10.9. The van der Waals surface area contributed by atoms with Crippen LogP contribution in [0.1, 0.15) is 27.2 Å². The molecule has 0 aromatic rings. The van der Waals surface area contributed by atoms with Gasteiger partial charge in [-0.3, -0.25) is 4.79 Å². The number of carboxylic acids is 1. The Kier molecular flexibility index (Phi) is 3.17. The molecule has 1 saturated carbocycles. The summed E-state index contributed by atoms with van der Waals surface area (Å²) in [7, 11) is 0. The first kappa shape index (κ1) is 11.9. The van der Waals surface area contributed by atoms with Crippen molar-refractivity contribution in [2.45, 2.75) is 27.2 Å². The summed E-state index contributed by atoms with van der Waals surface area (Å²) in [5.41, 5.74) is 0.742. The van der Waals surface area contributed by atoms with Crippen LogP contribution in [0.25, 0.3) is 0 Å². The molecule has 1 rings (SSSR count). The summed E-state index contributed by atoms with van der Waals surface area (Å²) in [5, 5.41) is 8.93. The number of rotatable bonds is 3. The average molecular weight is 237 g/mol. The SMILES string of the molecule is CC(C[C@H]1[C@@H](C(=O)O)C1(C)C)=C(Cl)Cl. The minimum atomic E-state index is -0.724. The number of aliphatic carboxylic acids is 1. The van der Waals surface area contributed by atoms with Crippen molar-refractivity contribution in [2.24, 2.45) is 17.3 Å². The minimum Gasteiger partial charge on any atom is -0.481 e. The number of allylic oxidation sites excluding steroid dienone is 1. The van der Waals surface area contributed by atoms with Crippen LogP contribution in [0.5, 0.6) is 0 Å². The Labute approximate surface area is 93.9 Å². The van der Waals surface area contributed by atoms with Gasteiger partial charge in [-0.25, -0.2) is 0 Å². The Morgan fingerprint density at radius 3 is 2.21 bits per heavy atom. The van der Waals surface area contributed by atoms with Crippen LogP contribution in [0.15, 0.2) is 10.1 Å². The predicted octanol–water partition coefficient (Wildman–Crippen LogP) is 3.44. The summed E-state index contributed by atoms with van der Waals surface area (Å²) in [6, 6.07) is 0. The van der Waals surface area contributed by atoms with Crippen LogP contribution in [-0.4, -0.2) is 11.1 Å². The van der Waals surface area contributed by atoms with Crippen molar-refractivity contribution >= 4 is 29.2 Å². The van der Waals surface area contributed by atoms with Gasteiger partial charge in [0.25, 0.3) is 0 Å². The Hall–Kier alpha value is -0.210. The highest BCUT2D eigenvalue weighted by molar-refractivity contribution is 6.56. The number of carbonyl (C=O) groups is 1. The van der Waals surface area contributed by atoms with Gasteiger partial charge in [-0.2, -0.15) is 0 Å². The fourth-order valence-electron chi connectivity index (χ4n) is 2.02. The summed E-state index contributed by atoms with van der Waals surface area (Å²) >= 11 is 11.2. The van der Waals surface area contributed by atoms with Gasteiger partial charge in [0, 0.05) is 0 Å². The van der Waals surface area contributed by atoms with Crippen molar-refractivity contribution < 1.29 is 9.90 Å². The molecule has 14 heavy (non-hydrogen) atoms. The quantitative estimate of drug-likeness (QED) is 0.816. The third kappa shape index (κ3) is 2.06. The minimum absolute atomic E-state index is 0.129. The van der Waals surface area contributed by atoms with Gasteiger partial charge in [-0.15, -0.1) is 0 Å². The monoisotopic (exact) mass is 236 g/mol. The van der Waals surface area contributed by atoms with Crippen LogP contribution < -0.4 is 0 Å². The van der Waals surface area contributed by atoms with E-state index in [-0.39, 0.29) is 21.7 Å². The Morgan fingerprint density at radius 1 is 1.43 bits per heavy atom. The predicted molar refractivity (Wildman–Crippen MR) is 57.4 cm³/mol. The number of hydrogen-bond donors (Lipinski definition) is 1. The Morgan fingerprint density at radius 2 is 1.93 bits per heavy atom. The zero-order valence-electron chi connectivity index (χ0n) is 8.47. The molecule has 0 heterocycles. The molecule has 0 aromatic carbocycles. The third-order valence-electron chi connectivity index (χ3n) is 3.17. The zero-order valence-corrected chi connectivity index (χ0v) is 9.99. The van der Waals surface area contributed by atoms with Crippen LogP contribution in [0.4, 0.5) is 0 Å². The molecule has 80 valence electrons. The summed E-state index contributed by atoms with van der Waals surface area (Å²) in [5.74, 6) is -0.823. The average Bonchev–Trinajstić information content (AvgIpc) is 2.52. The van der Waals surface area contributed by atoms with Crippen LogP contribution in [0.3, 0.4) is 0 Å². The van der Waals surface area contributed by atoms with Crippen molar-refractivity contribution in [2.75, 3.05) is 0 Å². The maximum Gasteiger partial charge on any atom is 0.307 e. The van der Waals surface area contributed by atoms with Crippen LogP contribution in [0, 0.1) is 17.3 Å². The van der Waals surface area contributed by atoms with Crippen molar-refractivity contribution in [3.8, 4) is 0 Å². The fraction of sp³-hybridized carbons (Fsp3) is 0.700. The Balaban J connectivity index is 2.67. The van der Waals surface area contributed by atoms with E-state index in [0.29, 0.717) is 6.42 Å². The standard InChI is InChI=1S/C10H14Cl2O2/c1-5(8(11)12)4-6-7(9(13)14)10(6,2)3/h6-7H,4H2,1-3H3,(H,13,14)/t6-,7-/m0/s1. The molecule has 0 radical (unpaired) electrons. The fourth-order valence-corrected chi connectivity index (χ4v) is 2.18. The lowest BCUT2D eigenvalue weighted by Gasteiger charge is -2.02. The van der Waals surface area contributed by atoms with E-state index in [2.05, 4.69) is 0 Å². The first-order valence-corrected chi connectivity index (χ1v) is 5.27. The van der Waals surface area contributed by atoms with E-state index in [1.807, 2.05) is 20.8 Å². The molecule has 0 amide bonds. The summed E-state index contributed by atoms with van der Waals surface area (Å²) in [4.78, 5) is 10.9. The highest BCUT2D eigenvalue weighted by Crippen LogP contribution is 2.61. The van der Waals surface area contributed by atoms with Crippen molar-refractivity contribution in [1.29, 1.82) is 0 Å². The topological polar surface area (TPSA) is 37.3 Å². The summed E-state index contributed by atoms with van der Waals surface area (Å²) < 4.78 is 0.261. The van der Waals surface area contributed by atoms with Gasteiger partial charge in [-0.1, -0.05) is 37.0 Å². The maximum absolute atomic E-state index is 10.9. The van der Waals surface area contributed by atoms with Gasteiger partial charge in [-0.05, 0) is 30.3 Å². The first-order chi connectivity index (χ1) is 6.28. The number of hydrogen-bond acceptors (Lipinski definition) is 1. The molecule has 0 aromatic heterocycles. The van der Waals surface area contributed by atoms with E-state index in [0.717, 1.165) is 5.57 Å². The lowest BCUT2D eigenvalue weighted by atomic mass is 10.0. The van der Waals surface area contributed by atoms with E-state index in [4.69, 9.17) is 28.3 Å². The molecule has 0 spiro atoms. The van der Waals surface area contributed by atoms with Crippen LogP contribution in [-0.2, 0) is 4.79 Å². The van der Waals surface area contributed by atoms with E-state index in [1.165, 1.54) is 0 Å². The van der Waals surface area contributed by atoms with E-state index >= 15 is 0 Å². The van der Waals surface area contributed by atoms with Crippen molar-refractivity contribution in [3.63, 3.8) is 0 Å². The van der Waals surface area contributed by atoms with Gasteiger partial charge in [0.2, 0.25) is 0 Å². The molecule has 1 fully saturated rings. The molecule has 0 saturated heterocycles. The number of carboxylic acid groups (broad SMARTS) is 1. The highest BCUT2D eigenvalue weighted by atomic mass is 35.5.